The van der Waals surface area contributed by atoms with Crippen LogP contribution in [0.25, 0.3) is 0 Å². The molecule has 3 aromatic carbocycles. The van der Waals surface area contributed by atoms with E-state index in [-0.39, 0.29) is 11.8 Å². The standard InChI is InChI=1S/C26H30O2/c1-17(2)22-15-20(11-13-24(22)27)26(5,19-9-7-6-8-10-19)21-12-14-25(28)23(16-21)18(3)4/h6-18,27-28H,1-5H3. The summed E-state index contributed by atoms with van der Waals surface area (Å²) >= 11 is 0. The summed E-state index contributed by atoms with van der Waals surface area (Å²) in [6.45, 7) is 10.6. The molecule has 0 amide bonds. The summed E-state index contributed by atoms with van der Waals surface area (Å²) in [4.78, 5) is 0. The molecule has 0 aliphatic rings. The summed E-state index contributed by atoms with van der Waals surface area (Å²) in [6.07, 6.45) is 0. The van der Waals surface area contributed by atoms with Crippen molar-refractivity contribution in [1.29, 1.82) is 0 Å². The Morgan fingerprint density at radius 2 is 1.04 bits per heavy atom. The molecular weight excluding hydrogens is 344 g/mol. The lowest BCUT2D eigenvalue weighted by atomic mass is 9.70. The monoisotopic (exact) mass is 374 g/mol. The van der Waals surface area contributed by atoms with Crippen molar-refractivity contribution in [1.82, 2.24) is 0 Å². The average molecular weight is 375 g/mol. The fraction of sp³-hybridized carbons (Fsp3) is 0.308. The zero-order chi connectivity index (χ0) is 20.5. The highest BCUT2D eigenvalue weighted by Crippen LogP contribution is 2.43. The van der Waals surface area contributed by atoms with Crippen LogP contribution in [0.5, 0.6) is 11.5 Å². The molecule has 2 heteroatoms. The van der Waals surface area contributed by atoms with E-state index in [1.165, 1.54) is 5.56 Å². The highest BCUT2D eigenvalue weighted by molar-refractivity contribution is 5.54. The minimum absolute atomic E-state index is 0.228. The van der Waals surface area contributed by atoms with Crippen molar-refractivity contribution in [3.63, 3.8) is 0 Å². The highest BCUT2D eigenvalue weighted by atomic mass is 16.3. The fourth-order valence-corrected chi connectivity index (χ4v) is 3.93. The zero-order valence-electron chi connectivity index (χ0n) is 17.4. The SMILES string of the molecule is CC(C)c1cc(C(C)(c2ccccc2)c2ccc(O)c(C(C)C)c2)ccc1O. The smallest absolute Gasteiger partial charge is 0.119 e. The number of benzene rings is 3. The van der Waals surface area contributed by atoms with Gasteiger partial charge in [0.25, 0.3) is 0 Å². The molecule has 3 rings (SSSR count). The van der Waals surface area contributed by atoms with E-state index >= 15 is 0 Å². The number of phenolic OH excluding ortho intramolecular Hbond substituents is 2. The molecule has 0 aliphatic carbocycles. The van der Waals surface area contributed by atoms with Gasteiger partial charge in [0.15, 0.2) is 0 Å². The van der Waals surface area contributed by atoms with Gasteiger partial charge in [-0.25, -0.2) is 0 Å². The molecule has 0 aliphatic heterocycles. The van der Waals surface area contributed by atoms with Gasteiger partial charge < -0.3 is 10.2 Å². The van der Waals surface area contributed by atoms with E-state index in [9.17, 15) is 10.2 Å². The molecule has 0 fully saturated rings. The fourth-order valence-electron chi connectivity index (χ4n) is 3.93. The van der Waals surface area contributed by atoms with Crippen LogP contribution >= 0.6 is 0 Å². The molecule has 0 bridgehead atoms. The first-order valence-electron chi connectivity index (χ1n) is 9.97. The average Bonchev–Trinajstić information content (AvgIpc) is 2.68. The van der Waals surface area contributed by atoms with E-state index in [0.717, 1.165) is 22.3 Å². The molecule has 2 nitrogen and oxygen atoms in total. The molecule has 3 aromatic rings. The molecule has 0 heterocycles. The molecule has 28 heavy (non-hydrogen) atoms. The number of phenols is 2. The van der Waals surface area contributed by atoms with Crippen LogP contribution in [0.4, 0.5) is 0 Å². The van der Waals surface area contributed by atoms with Crippen LogP contribution in [0.3, 0.4) is 0 Å². The molecule has 146 valence electrons. The van der Waals surface area contributed by atoms with Crippen LogP contribution in [0, 0.1) is 0 Å². The maximum Gasteiger partial charge on any atom is 0.119 e. The number of rotatable bonds is 5. The summed E-state index contributed by atoms with van der Waals surface area (Å²) in [5.41, 5.74) is 4.91. The second kappa shape index (κ2) is 7.71. The molecule has 0 saturated carbocycles. The van der Waals surface area contributed by atoms with Crippen LogP contribution in [0.15, 0.2) is 66.7 Å². The Balaban J connectivity index is 2.30. The largest absolute Gasteiger partial charge is 0.508 e. The maximum atomic E-state index is 10.3. The van der Waals surface area contributed by atoms with E-state index in [1.807, 2.05) is 18.2 Å². The van der Waals surface area contributed by atoms with Gasteiger partial charge in [-0.1, -0.05) is 82.3 Å². The Morgan fingerprint density at radius 3 is 1.43 bits per heavy atom. The Bertz CT molecular complexity index is 898. The minimum Gasteiger partial charge on any atom is -0.508 e. The quantitative estimate of drug-likeness (QED) is 0.488. The first-order valence-corrected chi connectivity index (χ1v) is 9.97. The predicted octanol–water partition coefficient (Wildman–Crippen LogP) is 6.70. The van der Waals surface area contributed by atoms with Crippen LogP contribution in [-0.2, 0) is 5.41 Å². The molecule has 0 radical (unpaired) electrons. The second-order valence-electron chi connectivity index (χ2n) is 8.35. The van der Waals surface area contributed by atoms with Gasteiger partial charge in [0.2, 0.25) is 0 Å². The van der Waals surface area contributed by atoms with E-state index in [4.69, 9.17) is 0 Å². The number of aromatic hydroxyl groups is 2. The Morgan fingerprint density at radius 1 is 0.607 bits per heavy atom. The highest BCUT2D eigenvalue weighted by Gasteiger charge is 2.32. The lowest BCUT2D eigenvalue weighted by Crippen LogP contribution is -2.26. The lowest BCUT2D eigenvalue weighted by molar-refractivity contribution is 0.463. The van der Waals surface area contributed by atoms with Gasteiger partial charge in [-0.15, -0.1) is 0 Å². The van der Waals surface area contributed by atoms with Gasteiger partial charge >= 0.3 is 0 Å². The van der Waals surface area contributed by atoms with Crippen molar-refractivity contribution >= 4 is 0 Å². The molecule has 0 aromatic heterocycles. The van der Waals surface area contributed by atoms with Gasteiger partial charge in [-0.05, 0) is 58.7 Å². The van der Waals surface area contributed by atoms with Crippen LogP contribution < -0.4 is 0 Å². The van der Waals surface area contributed by atoms with Crippen molar-refractivity contribution in [2.45, 2.75) is 51.9 Å². The first kappa shape index (κ1) is 20.0. The first-order chi connectivity index (χ1) is 13.2. The molecular formula is C26H30O2. The number of hydrogen-bond acceptors (Lipinski definition) is 2. The molecule has 2 N–H and O–H groups in total. The van der Waals surface area contributed by atoms with Crippen LogP contribution in [0.1, 0.15) is 74.3 Å². The summed E-state index contributed by atoms with van der Waals surface area (Å²) in [5.74, 6) is 1.13. The van der Waals surface area contributed by atoms with Gasteiger partial charge in [0, 0.05) is 5.41 Å². The van der Waals surface area contributed by atoms with Crippen LogP contribution in [0.2, 0.25) is 0 Å². The lowest BCUT2D eigenvalue weighted by Gasteiger charge is -2.33. The molecule has 0 unspecified atom stereocenters. The van der Waals surface area contributed by atoms with Gasteiger partial charge in [-0.2, -0.15) is 0 Å². The number of hydrogen-bond donors (Lipinski definition) is 2. The van der Waals surface area contributed by atoms with Crippen molar-refractivity contribution in [3.05, 3.63) is 94.5 Å². The van der Waals surface area contributed by atoms with E-state index < -0.39 is 5.41 Å². The van der Waals surface area contributed by atoms with Gasteiger partial charge in [-0.3, -0.25) is 0 Å². The Kier molecular flexibility index (Phi) is 5.51. The Hall–Kier alpha value is -2.74. The van der Waals surface area contributed by atoms with Gasteiger partial charge in [0.1, 0.15) is 11.5 Å². The second-order valence-corrected chi connectivity index (χ2v) is 8.35. The van der Waals surface area contributed by atoms with E-state index in [0.29, 0.717) is 11.5 Å². The van der Waals surface area contributed by atoms with E-state index in [2.05, 4.69) is 71.0 Å². The van der Waals surface area contributed by atoms with Crippen molar-refractivity contribution < 1.29 is 10.2 Å². The summed E-state index contributed by atoms with van der Waals surface area (Å²) in [5, 5.41) is 20.7. The third kappa shape index (κ3) is 3.52. The van der Waals surface area contributed by atoms with E-state index in [1.54, 1.807) is 12.1 Å². The normalized spacial score (nSPS) is 12.0. The van der Waals surface area contributed by atoms with Crippen LogP contribution in [-0.4, -0.2) is 10.2 Å². The predicted molar refractivity (Wildman–Crippen MR) is 116 cm³/mol. The minimum atomic E-state index is -0.407. The third-order valence-corrected chi connectivity index (χ3v) is 5.80. The summed E-state index contributed by atoms with van der Waals surface area (Å²) < 4.78 is 0. The van der Waals surface area contributed by atoms with Crippen molar-refractivity contribution in [2.24, 2.45) is 0 Å². The van der Waals surface area contributed by atoms with Gasteiger partial charge in [0.05, 0.1) is 0 Å². The molecule has 0 spiro atoms. The zero-order valence-corrected chi connectivity index (χ0v) is 17.4. The van der Waals surface area contributed by atoms with Crippen molar-refractivity contribution in [2.75, 3.05) is 0 Å². The molecule has 0 saturated heterocycles. The third-order valence-electron chi connectivity index (χ3n) is 5.80. The maximum absolute atomic E-state index is 10.3. The summed E-state index contributed by atoms with van der Waals surface area (Å²) in [6, 6.07) is 22.3. The van der Waals surface area contributed by atoms with Crippen molar-refractivity contribution in [3.8, 4) is 11.5 Å². The molecule has 0 atom stereocenters. The summed E-state index contributed by atoms with van der Waals surface area (Å²) in [7, 11) is 0. The Labute approximate surface area is 168 Å². The topological polar surface area (TPSA) is 40.5 Å².